The van der Waals surface area contributed by atoms with Gasteiger partial charge in [0, 0.05) is 5.88 Å². The number of halogens is 4. The Bertz CT molecular complexity index is 511. The molecule has 1 atom stereocenters. The minimum absolute atomic E-state index is 0.0768. The lowest BCUT2D eigenvalue weighted by Gasteiger charge is -2.14. The largest absolute Gasteiger partial charge is 0.417 e. The van der Waals surface area contributed by atoms with Gasteiger partial charge in [0.1, 0.15) is 0 Å². The molecule has 0 aliphatic heterocycles. The fourth-order valence-corrected chi connectivity index (χ4v) is 3.57. The predicted octanol–water partition coefficient (Wildman–Crippen LogP) is 3.35. The van der Waals surface area contributed by atoms with Crippen LogP contribution in [0, 0.1) is 5.92 Å². The van der Waals surface area contributed by atoms with E-state index in [0.717, 1.165) is 18.2 Å². The van der Waals surface area contributed by atoms with Crippen LogP contribution in [0.2, 0.25) is 0 Å². The van der Waals surface area contributed by atoms with E-state index in [-0.39, 0.29) is 5.88 Å². The lowest BCUT2D eigenvalue weighted by molar-refractivity contribution is -0.139. The van der Waals surface area contributed by atoms with E-state index in [9.17, 15) is 21.6 Å². The number of hydrogen-bond donors (Lipinski definition) is 0. The van der Waals surface area contributed by atoms with Crippen molar-refractivity contribution in [2.45, 2.75) is 18.0 Å². The van der Waals surface area contributed by atoms with E-state index in [4.69, 9.17) is 11.6 Å². The molecule has 1 aromatic rings. The number of alkyl halides is 4. The molecular weight excluding hydrogens is 289 g/mol. The molecule has 0 aliphatic rings. The van der Waals surface area contributed by atoms with Crippen molar-refractivity contribution in [3.63, 3.8) is 0 Å². The number of hydrogen-bond acceptors (Lipinski definition) is 2. The first-order valence-electron chi connectivity index (χ1n) is 5.13. The molecule has 0 spiro atoms. The Balaban J connectivity index is 3.25. The van der Waals surface area contributed by atoms with E-state index in [0.29, 0.717) is 0 Å². The first-order valence-corrected chi connectivity index (χ1v) is 7.32. The molecule has 0 radical (unpaired) electrons. The Morgan fingerprint density at radius 3 is 2.33 bits per heavy atom. The van der Waals surface area contributed by atoms with Crippen molar-refractivity contribution < 1.29 is 21.6 Å². The van der Waals surface area contributed by atoms with Gasteiger partial charge in [-0.25, -0.2) is 8.42 Å². The van der Waals surface area contributed by atoms with E-state index in [1.165, 1.54) is 6.07 Å². The van der Waals surface area contributed by atoms with Crippen LogP contribution in [0.4, 0.5) is 13.2 Å². The molecule has 2 nitrogen and oxygen atoms in total. The fourth-order valence-electron chi connectivity index (χ4n) is 1.48. The Hall–Kier alpha value is -0.750. The first kappa shape index (κ1) is 15.3. The molecule has 0 aliphatic carbocycles. The first-order chi connectivity index (χ1) is 8.18. The summed E-state index contributed by atoms with van der Waals surface area (Å²) in [4.78, 5) is -0.686. The van der Waals surface area contributed by atoms with Gasteiger partial charge in [-0.3, -0.25) is 0 Å². The van der Waals surface area contributed by atoms with Crippen LogP contribution in [-0.4, -0.2) is 20.1 Å². The molecule has 0 aromatic heterocycles. The van der Waals surface area contributed by atoms with Gasteiger partial charge in [-0.1, -0.05) is 19.1 Å². The topological polar surface area (TPSA) is 34.1 Å². The second-order valence-corrected chi connectivity index (χ2v) is 6.35. The average molecular weight is 301 g/mol. The van der Waals surface area contributed by atoms with Crippen LogP contribution in [0.25, 0.3) is 0 Å². The minimum Gasteiger partial charge on any atom is -0.224 e. The monoisotopic (exact) mass is 300 g/mol. The van der Waals surface area contributed by atoms with Gasteiger partial charge in [-0.05, 0) is 18.1 Å². The molecule has 1 unspecified atom stereocenters. The third-order valence-electron chi connectivity index (χ3n) is 2.29. The molecule has 0 heterocycles. The zero-order valence-corrected chi connectivity index (χ0v) is 11.1. The minimum atomic E-state index is -4.69. The van der Waals surface area contributed by atoms with Crippen molar-refractivity contribution >= 4 is 21.4 Å². The zero-order valence-electron chi connectivity index (χ0n) is 9.54. The summed E-state index contributed by atoms with van der Waals surface area (Å²) in [7, 11) is -3.99. The maximum Gasteiger partial charge on any atom is 0.417 e. The maximum absolute atomic E-state index is 12.7. The molecule has 102 valence electrons. The van der Waals surface area contributed by atoms with E-state index in [2.05, 4.69) is 0 Å². The van der Waals surface area contributed by atoms with Gasteiger partial charge in [-0.15, -0.1) is 11.6 Å². The molecule has 1 aromatic carbocycles. The summed E-state index contributed by atoms with van der Waals surface area (Å²) in [6.45, 7) is 1.57. The number of rotatable bonds is 4. The molecule has 1 rings (SSSR count). The van der Waals surface area contributed by atoms with E-state index in [1.807, 2.05) is 0 Å². The molecule has 18 heavy (non-hydrogen) atoms. The van der Waals surface area contributed by atoms with Gasteiger partial charge in [0.05, 0.1) is 16.2 Å². The molecule has 0 bridgehead atoms. The highest BCUT2D eigenvalue weighted by Crippen LogP contribution is 2.34. The maximum atomic E-state index is 12.7. The van der Waals surface area contributed by atoms with Gasteiger partial charge >= 0.3 is 6.18 Å². The molecule has 0 amide bonds. The van der Waals surface area contributed by atoms with Crippen LogP contribution < -0.4 is 0 Å². The standard InChI is InChI=1S/C11H12ClF3O2S/c1-8(6-12)7-18(16,17)10-5-3-2-4-9(10)11(13,14)15/h2-5,8H,6-7H2,1H3. The summed E-state index contributed by atoms with van der Waals surface area (Å²) < 4.78 is 61.9. The van der Waals surface area contributed by atoms with E-state index in [1.54, 1.807) is 6.92 Å². The molecule has 0 N–H and O–H groups in total. The number of sulfone groups is 1. The molecular formula is C11H12ClF3O2S. The Kier molecular flexibility index (Phi) is 4.66. The van der Waals surface area contributed by atoms with Gasteiger partial charge in [0.15, 0.2) is 9.84 Å². The van der Waals surface area contributed by atoms with E-state index >= 15 is 0 Å². The van der Waals surface area contributed by atoms with Crippen molar-refractivity contribution in [3.05, 3.63) is 29.8 Å². The van der Waals surface area contributed by atoms with Gasteiger partial charge in [-0.2, -0.15) is 13.2 Å². The summed E-state index contributed by atoms with van der Waals surface area (Å²) in [6.07, 6.45) is -4.69. The van der Waals surface area contributed by atoms with Gasteiger partial charge in [0.2, 0.25) is 0 Å². The third kappa shape index (κ3) is 3.62. The second kappa shape index (κ2) is 5.48. The normalized spacial score (nSPS) is 14.5. The summed E-state index contributed by atoms with van der Waals surface area (Å²) >= 11 is 5.49. The van der Waals surface area contributed by atoms with Crippen LogP contribution in [0.3, 0.4) is 0 Å². The lowest BCUT2D eigenvalue weighted by Crippen LogP contribution is -2.19. The Morgan fingerprint density at radius 2 is 1.83 bits per heavy atom. The Morgan fingerprint density at radius 1 is 1.28 bits per heavy atom. The van der Waals surface area contributed by atoms with Crippen LogP contribution in [0.5, 0.6) is 0 Å². The molecule has 7 heteroatoms. The van der Waals surface area contributed by atoms with Crippen molar-refractivity contribution in [1.29, 1.82) is 0 Å². The van der Waals surface area contributed by atoms with Gasteiger partial charge < -0.3 is 0 Å². The third-order valence-corrected chi connectivity index (χ3v) is 4.86. The van der Waals surface area contributed by atoms with Crippen molar-refractivity contribution in [3.8, 4) is 0 Å². The lowest BCUT2D eigenvalue weighted by atomic mass is 10.2. The fraction of sp³-hybridized carbons (Fsp3) is 0.455. The summed E-state index contributed by atoms with van der Waals surface area (Å²) in [6, 6.07) is 4.16. The quantitative estimate of drug-likeness (QED) is 0.799. The highest BCUT2D eigenvalue weighted by Gasteiger charge is 2.36. The SMILES string of the molecule is CC(CCl)CS(=O)(=O)c1ccccc1C(F)(F)F. The highest BCUT2D eigenvalue weighted by atomic mass is 35.5. The van der Waals surface area contributed by atoms with Crippen LogP contribution in [0.1, 0.15) is 12.5 Å². The summed E-state index contributed by atoms with van der Waals surface area (Å²) in [5, 5.41) is 0. The average Bonchev–Trinajstić information content (AvgIpc) is 2.27. The van der Waals surface area contributed by atoms with Crippen molar-refractivity contribution in [2.75, 3.05) is 11.6 Å². The van der Waals surface area contributed by atoms with Crippen LogP contribution in [0.15, 0.2) is 29.2 Å². The van der Waals surface area contributed by atoms with Crippen molar-refractivity contribution in [1.82, 2.24) is 0 Å². The summed E-state index contributed by atoms with van der Waals surface area (Å²) in [5.74, 6) is -0.727. The smallest absolute Gasteiger partial charge is 0.224 e. The number of benzene rings is 1. The van der Waals surface area contributed by atoms with Crippen LogP contribution >= 0.6 is 11.6 Å². The summed E-state index contributed by atoms with van der Waals surface area (Å²) in [5.41, 5.74) is -1.13. The Labute approximate surface area is 109 Å². The molecule has 0 saturated heterocycles. The zero-order chi connectivity index (χ0) is 14.0. The van der Waals surface area contributed by atoms with Gasteiger partial charge in [0.25, 0.3) is 0 Å². The molecule has 0 saturated carbocycles. The molecule has 0 fully saturated rings. The van der Waals surface area contributed by atoms with E-state index < -0.39 is 38.1 Å². The van der Waals surface area contributed by atoms with Crippen molar-refractivity contribution in [2.24, 2.45) is 5.92 Å². The second-order valence-electron chi connectivity index (χ2n) is 4.03. The van der Waals surface area contributed by atoms with Crippen LogP contribution in [-0.2, 0) is 16.0 Å². The predicted molar refractivity (Wildman–Crippen MR) is 63.4 cm³/mol. The highest BCUT2D eigenvalue weighted by molar-refractivity contribution is 7.91.